The zero-order valence-electron chi connectivity index (χ0n) is 12.8. The maximum Gasteiger partial charge on any atom is 0.418 e. The molecular formula is C14H17ClF3N5O. The van der Waals surface area contributed by atoms with E-state index in [1.54, 1.807) is 7.05 Å². The van der Waals surface area contributed by atoms with E-state index < -0.39 is 17.6 Å². The quantitative estimate of drug-likeness (QED) is 0.770. The highest BCUT2D eigenvalue weighted by molar-refractivity contribution is 5.91. The first-order valence-corrected chi connectivity index (χ1v) is 6.95. The van der Waals surface area contributed by atoms with Gasteiger partial charge in [-0.25, -0.2) is 4.68 Å². The van der Waals surface area contributed by atoms with E-state index in [4.69, 9.17) is 0 Å². The highest BCUT2D eigenvalue weighted by Gasteiger charge is 2.34. The fraction of sp³-hybridized carbons (Fsp3) is 0.357. The topological polar surface area (TPSA) is 71.8 Å². The molecule has 1 amide bonds. The van der Waals surface area contributed by atoms with Crippen LogP contribution in [0, 0.1) is 0 Å². The zero-order chi connectivity index (χ0) is 16.9. The predicted octanol–water partition coefficient (Wildman–Crippen LogP) is 2.05. The summed E-state index contributed by atoms with van der Waals surface area (Å²) in [7, 11) is 1.80. The van der Waals surface area contributed by atoms with Crippen LogP contribution in [0.25, 0.3) is 5.69 Å². The molecule has 0 spiro atoms. The summed E-state index contributed by atoms with van der Waals surface area (Å²) in [4.78, 5) is 11.9. The van der Waals surface area contributed by atoms with Gasteiger partial charge in [-0.15, -0.1) is 17.5 Å². The molecule has 0 saturated carbocycles. The lowest BCUT2D eigenvalue weighted by molar-refractivity contribution is -0.137. The van der Waals surface area contributed by atoms with Crippen molar-refractivity contribution < 1.29 is 18.0 Å². The molecule has 10 heteroatoms. The average molecular weight is 364 g/mol. The molecule has 1 aromatic carbocycles. The normalized spacial score (nSPS) is 11.0. The van der Waals surface area contributed by atoms with Crippen LogP contribution in [-0.2, 0) is 6.18 Å². The number of rotatable bonds is 6. The summed E-state index contributed by atoms with van der Waals surface area (Å²) in [5, 5.41) is 12.8. The molecule has 0 bridgehead atoms. The minimum Gasteiger partial charge on any atom is -0.351 e. The molecule has 2 N–H and O–H groups in total. The minimum atomic E-state index is -4.52. The van der Waals surface area contributed by atoms with Crippen LogP contribution >= 0.6 is 12.4 Å². The van der Waals surface area contributed by atoms with Crippen molar-refractivity contribution in [3.8, 4) is 5.69 Å². The number of carbonyl (C=O) groups excluding carboxylic acids is 1. The Kier molecular flexibility index (Phi) is 7.18. The standard InChI is InChI=1S/C14H16F3N5O.ClH/c1-18-7-4-8-19-13(23)11-9-22(21-20-11)12-6-3-2-5-10(12)14(15,16)17;/h2-3,5-6,9,18H,4,7-8H2,1H3,(H,19,23);1H. The molecular weight excluding hydrogens is 347 g/mol. The van der Waals surface area contributed by atoms with Crippen molar-refractivity contribution in [1.29, 1.82) is 0 Å². The zero-order valence-corrected chi connectivity index (χ0v) is 13.6. The van der Waals surface area contributed by atoms with Gasteiger partial charge in [-0.1, -0.05) is 17.3 Å². The van der Waals surface area contributed by atoms with Gasteiger partial charge in [0.05, 0.1) is 17.4 Å². The Morgan fingerprint density at radius 2 is 1.96 bits per heavy atom. The number of amides is 1. The van der Waals surface area contributed by atoms with Crippen LogP contribution in [0.1, 0.15) is 22.5 Å². The van der Waals surface area contributed by atoms with Crippen molar-refractivity contribution in [2.24, 2.45) is 0 Å². The van der Waals surface area contributed by atoms with E-state index in [-0.39, 0.29) is 23.8 Å². The number of halogens is 4. The SMILES string of the molecule is CNCCCNC(=O)c1cn(-c2ccccc2C(F)(F)F)nn1.Cl. The van der Waals surface area contributed by atoms with Gasteiger partial charge in [0.2, 0.25) is 0 Å². The molecule has 0 saturated heterocycles. The molecule has 6 nitrogen and oxygen atoms in total. The monoisotopic (exact) mass is 363 g/mol. The summed E-state index contributed by atoms with van der Waals surface area (Å²) in [5.74, 6) is -0.475. The Morgan fingerprint density at radius 3 is 2.62 bits per heavy atom. The van der Waals surface area contributed by atoms with Crippen LogP contribution in [-0.4, -0.2) is 41.0 Å². The summed E-state index contributed by atoms with van der Waals surface area (Å²) in [6.45, 7) is 1.18. The number of aromatic nitrogens is 3. The van der Waals surface area contributed by atoms with Crippen molar-refractivity contribution >= 4 is 18.3 Å². The van der Waals surface area contributed by atoms with Crippen LogP contribution < -0.4 is 10.6 Å². The van der Waals surface area contributed by atoms with Gasteiger partial charge in [0.1, 0.15) is 0 Å². The summed E-state index contributed by atoms with van der Waals surface area (Å²) in [5.41, 5.74) is -1.06. The molecule has 0 unspecified atom stereocenters. The molecule has 132 valence electrons. The predicted molar refractivity (Wildman–Crippen MR) is 84.5 cm³/mol. The van der Waals surface area contributed by atoms with Gasteiger partial charge in [-0.2, -0.15) is 13.2 Å². The molecule has 2 rings (SSSR count). The van der Waals surface area contributed by atoms with Crippen molar-refractivity contribution in [3.05, 3.63) is 41.7 Å². The second-order valence-electron chi connectivity index (χ2n) is 4.78. The van der Waals surface area contributed by atoms with Gasteiger partial charge in [-0.05, 0) is 32.1 Å². The number of hydrogen-bond acceptors (Lipinski definition) is 4. The first-order chi connectivity index (χ1) is 10.9. The Labute approximate surface area is 142 Å². The van der Waals surface area contributed by atoms with Crippen LogP contribution in [0.15, 0.2) is 30.5 Å². The number of benzene rings is 1. The third kappa shape index (κ3) is 4.93. The number of hydrogen-bond donors (Lipinski definition) is 2. The van der Waals surface area contributed by atoms with Gasteiger partial charge < -0.3 is 10.6 Å². The van der Waals surface area contributed by atoms with Crippen LogP contribution in [0.5, 0.6) is 0 Å². The maximum atomic E-state index is 13.0. The Balaban J connectivity index is 0.00000288. The molecule has 0 atom stereocenters. The molecule has 0 aliphatic heterocycles. The van der Waals surface area contributed by atoms with Crippen molar-refractivity contribution in [2.45, 2.75) is 12.6 Å². The smallest absolute Gasteiger partial charge is 0.351 e. The molecule has 0 fully saturated rings. The van der Waals surface area contributed by atoms with Crippen LogP contribution in [0.2, 0.25) is 0 Å². The van der Waals surface area contributed by atoms with Crippen molar-refractivity contribution in [1.82, 2.24) is 25.6 Å². The lowest BCUT2D eigenvalue weighted by Crippen LogP contribution is -2.26. The number of alkyl halides is 3. The Hall–Kier alpha value is -2.13. The lowest BCUT2D eigenvalue weighted by Gasteiger charge is -2.11. The number of nitrogens with one attached hydrogen (secondary N) is 2. The van der Waals surface area contributed by atoms with E-state index >= 15 is 0 Å². The van der Waals surface area contributed by atoms with Crippen molar-refractivity contribution in [2.75, 3.05) is 20.1 Å². The molecule has 0 aliphatic rings. The van der Waals surface area contributed by atoms with Crippen molar-refractivity contribution in [3.63, 3.8) is 0 Å². The molecule has 0 radical (unpaired) electrons. The van der Waals surface area contributed by atoms with E-state index in [1.165, 1.54) is 24.4 Å². The fourth-order valence-corrected chi connectivity index (χ4v) is 1.96. The number of nitrogens with zero attached hydrogens (tertiary/aromatic N) is 3. The first-order valence-electron chi connectivity index (χ1n) is 6.95. The lowest BCUT2D eigenvalue weighted by atomic mass is 10.1. The number of carbonyl (C=O) groups is 1. The minimum absolute atomic E-state index is 0. The highest BCUT2D eigenvalue weighted by atomic mass is 35.5. The second-order valence-corrected chi connectivity index (χ2v) is 4.78. The first kappa shape index (κ1) is 19.9. The third-order valence-corrected chi connectivity index (χ3v) is 3.07. The molecule has 1 heterocycles. The van der Waals surface area contributed by atoms with Gasteiger partial charge in [0.25, 0.3) is 5.91 Å². The summed E-state index contributed by atoms with van der Waals surface area (Å²) in [6, 6.07) is 4.98. The molecule has 0 aliphatic carbocycles. The summed E-state index contributed by atoms with van der Waals surface area (Å²) >= 11 is 0. The van der Waals surface area contributed by atoms with Gasteiger partial charge in [0, 0.05) is 6.54 Å². The van der Waals surface area contributed by atoms with Crippen LogP contribution in [0.3, 0.4) is 0 Å². The highest BCUT2D eigenvalue weighted by Crippen LogP contribution is 2.33. The fourth-order valence-electron chi connectivity index (χ4n) is 1.96. The number of para-hydroxylation sites is 1. The molecule has 2 aromatic rings. The van der Waals surface area contributed by atoms with Crippen LogP contribution in [0.4, 0.5) is 13.2 Å². The van der Waals surface area contributed by atoms with E-state index in [1.807, 2.05) is 0 Å². The Morgan fingerprint density at radius 1 is 1.25 bits per heavy atom. The maximum absolute atomic E-state index is 13.0. The van der Waals surface area contributed by atoms with Gasteiger partial charge in [-0.3, -0.25) is 4.79 Å². The van der Waals surface area contributed by atoms with E-state index in [0.29, 0.717) is 6.54 Å². The van der Waals surface area contributed by atoms with E-state index in [0.717, 1.165) is 23.7 Å². The van der Waals surface area contributed by atoms with E-state index in [9.17, 15) is 18.0 Å². The van der Waals surface area contributed by atoms with E-state index in [2.05, 4.69) is 20.9 Å². The average Bonchev–Trinajstić information content (AvgIpc) is 3.00. The van der Waals surface area contributed by atoms with Gasteiger partial charge >= 0.3 is 6.18 Å². The third-order valence-electron chi connectivity index (χ3n) is 3.07. The largest absolute Gasteiger partial charge is 0.418 e. The Bertz CT molecular complexity index is 674. The molecule has 24 heavy (non-hydrogen) atoms. The second kappa shape index (κ2) is 8.65. The summed E-state index contributed by atoms with van der Waals surface area (Å²) in [6.07, 6.45) is -2.61. The van der Waals surface area contributed by atoms with Gasteiger partial charge in [0.15, 0.2) is 5.69 Å². The summed E-state index contributed by atoms with van der Waals surface area (Å²) < 4.78 is 39.9. The molecule has 1 aromatic heterocycles.